The van der Waals surface area contributed by atoms with E-state index < -0.39 is 0 Å². The number of hydrogen-bond acceptors (Lipinski definition) is 0. The molecule has 43 valence electrons. The van der Waals surface area contributed by atoms with E-state index in [0.717, 1.165) is 6.42 Å². The van der Waals surface area contributed by atoms with E-state index in [1.54, 1.807) is 0 Å². The van der Waals surface area contributed by atoms with Gasteiger partial charge in [0.1, 0.15) is 0 Å². The Morgan fingerprint density at radius 3 is 2.22 bits per heavy atom. The molecule has 0 amide bonds. The Morgan fingerprint density at radius 1 is 1.33 bits per heavy atom. The summed E-state index contributed by atoms with van der Waals surface area (Å²) in [7, 11) is 0. The first-order valence-corrected chi connectivity index (χ1v) is 2.88. The molecule has 0 bridgehead atoms. The van der Waals surface area contributed by atoms with Crippen LogP contribution in [0.15, 0.2) is 24.3 Å². The zero-order valence-electron chi connectivity index (χ0n) is 5.02. The van der Waals surface area contributed by atoms with Crippen molar-refractivity contribution in [3.63, 3.8) is 0 Å². The summed E-state index contributed by atoms with van der Waals surface area (Å²) >= 11 is 0. The maximum absolute atomic E-state index is 2.97. The van der Waals surface area contributed by atoms with Crippen molar-refractivity contribution in [1.82, 2.24) is 0 Å². The molecule has 0 aliphatic rings. The molecular weight excluding hydrogens is 103 g/mol. The van der Waals surface area contributed by atoms with Crippen molar-refractivity contribution < 1.29 is 0 Å². The fourth-order valence-corrected chi connectivity index (χ4v) is 0.657. The molecule has 1 aromatic rings. The summed E-state index contributed by atoms with van der Waals surface area (Å²) in [4.78, 5) is 0. The SMILES string of the molecule is CCc1cc[c]cc1.[LiH]. The maximum atomic E-state index is 2.97. The molecule has 0 saturated carbocycles. The molecule has 1 heteroatoms. The normalized spacial score (nSPS) is 8.11. The first kappa shape index (κ1) is 8.82. The van der Waals surface area contributed by atoms with Gasteiger partial charge >= 0.3 is 18.9 Å². The third kappa shape index (κ3) is 2.74. The molecule has 0 unspecified atom stereocenters. The Bertz CT molecular complexity index is 146. The molecular formula is C8H10Li. The average molecular weight is 113 g/mol. The Balaban J connectivity index is 0.000000640. The second kappa shape index (κ2) is 4.67. The van der Waals surface area contributed by atoms with Crippen molar-refractivity contribution in [3.05, 3.63) is 35.9 Å². The van der Waals surface area contributed by atoms with Gasteiger partial charge in [0.2, 0.25) is 0 Å². The minimum atomic E-state index is 0. The zero-order chi connectivity index (χ0) is 5.82. The van der Waals surface area contributed by atoms with Gasteiger partial charge in [-0.15, -0.1) is 0 Å². The van der Waals surface area contributed by atoms with Crippen molar-refractivity contribution in [2.24, 2.45) is 0 Å². The molecule has 0 spiro atoms. The summed E-state index contributed by atoms with van der Waals surface area (Å²) in [6.07, 6.45) is 1.12. The first-order chi connectivity index (χ1) is 3.93. The van der Waals surface area contributed by atoms with Gasteiger partial charge in [0.15, 0.2) is 0 Å². The van der Waals surface area contributed by atoms with Crippen LogP contribution in [-0.2, 0) is 6.42 Å². The molecule has 1 rings (SSSR count). The van der Waals surface area contributed by atoms with Gasteiger partial charge in [-0.3, -0.25) is 0 Å². The fourth-order valence-electron chi connectivity index (χ4n) is 0.657. The monoisotopic (exact) mass is 113 g/mol. The summed E-state index contributed by atoms with van der Waals surface area (Å²) in [6.45, 7) is 2.15. The van der Waals surface area contributed by atoms with Crippen LogP contribution in [0, 0.1) is 6.07 Å². The Morgan fingerprint density at radius 2 is 1.89 bits per heavy atom. The van der Waals surface area contributed by atoms with Crippen LogP contribution in [0.25, 0.3) is 0 Å². The standard InChI is InChI=1S/C8H9.Li.H/c1-2-8-6-4-3-5-7-8;;/h4-7H,2H2,1H3;;. The van der Waals surface area contributed by atoms with Gasteiger partial charge < -0.3 is 0 Å². The Hall–Kier alpha value is -0.183. The predicted octanol–water partition coefficient (Wildman–Crippen LogP) is 1.40. The molecule has 1 aromatic carbocycles. The summed E-state index contributed by atoms with van der Waals surface area (Å²) in [5.41, 5.74) is 1.38. The number of benzene rings is 1. The van der Waals surface area contributed by atoms with Crippen LogP contribution >= 0.6 is 0 Å². The predicted molar refractivity (Wildman–Crippen MR) is 41.8 cm³/mol. The van der Waals surface area contributed by atoms with E-state index in [4.69, 9.17) is 0 Å². The Kier molecular flexibility index (Phi) is 4.58. The second-order valence-electron chi connectivity index (χ2n) is 1.76. The summed E-state index contributed by atoms with van der Waals surface area (Å²) in [5.74, 6) is 0. The molecule has 1 radical (unpaired) electrons. The summed E-state index contributed by atoms with van der Waals surface area (Å²) in [5, 5.41) is 0. The van der Waals surface area contributed by atoms with Gasteiger partial charge in [-0.25, -0.2) is 0 Å². The van der Waals surface area contributed by atoms with E-state index in [9.17, 15) is 0 Å². The number of hydrogen-bond donors (Lipinski definition) is 0. The van der Waals surface area contributed by atoms with Crippen LogP contribution in [0.3, 0.4) is 0 Å². The van der Waals surface area contributed by atoms with Crippen molar-refractivity contribution in [2.75, 3.05) is 0 Å². The van der Waals surface area contributed by atoms with Crippen LogP contribution in [0.5, 0.6) is 0 Å². The van der Waals surface area contributed by atoms with E-state index in [-0.39, 0.29) is 18.9 Å². The van der Waals surface area contributed by atoms with Crippen molar-refractivity contribution in [1.29, 1.82) is 0 Å². The van der Waals surface area contributed by atoms with Crippen LogP contribution in [0.2, 0.25) is 0 Å². The third-order valence-corrected chi connectivity index (χ3v) is 1.20. The van der Waals surface area contributed by atoms with Gasteiger partial charge in [-0.1, -0.05) is 31.2 Å². The molecule has 0 aliphatic carbocycles. The molecule has 9 heavy (non-hydrogen) atoms. The second-order valence-corrected chi connectivity index (χ2v) is 1.76. The van der Waals surface area contributed by atoms with E-state index in [0.29, 0.717) is 0 Å². The van der Waals surface area contributed by atoms with Crippen molar-refractivity contribution in [3.8, 4) is 0 Å². The molecule has 0 saturated heterocycles. The molecule has 0 aromatic heterocycles. The van der Waals surface area contributed by atoms with E-state index in [1.807, 2.05) is 12.1 Å². The van der Waals surface area contributed by atoms with E-state index in [2.05, 4.69) is 25.1 Å². The topological polar surface area (TPSA) is 0 Å². The third-order valence-electron chi connectivity index (χ3n) is 1.20. The molecule has 0 N–H and O–H groups in total. The van der Waals surface area contributed by atoms with Gasteiger partial charge in [0, 0.05) is 0 Å². The molecule has 0 nitrogen and oxygen atoms in total. The molecule has 0 atom stereocenters. The van der Waals surface area contributed by atoms with Crippen LogP contribution < -0.4 is 0 Å². The van der Waals surface area contributed by atoms with E-state index in [1.165, 1.54) is 5.56 Å². The van der Waals surface area contributed by atoms with Gasteiger partial charge in [0.05, 0.1) is 0 Å². The number of rotatable bonds is 1. The first-order valence-electron chi connectivity index (χ1n) is 2.88. The van der Waals surface area contributed by atoms with Crippen molar-refractivity contribution in [2.45, 2.75) is 13.3 Å². The molecule has 0 aliphatic heterocycles. The van der Waals surface area contributed by atoms with Gasteiger partial charge in [0.25, 0.3) is 0 Å². The summed E-state index contributed by atoms with van der Waals surface area (Å²) in [6, 6.07) is 11.0. The quantitative estimate of drug-likeness (QED) is 0.483. The van der Waals surface area contributed by atoms with Crippen LogP contribution in [-0.4, -0.2) is 18.9 Å². The molecule has 0 heterocycles. The Labute approximate surface area is 68.5 Å². The van der Waals surface area contributed by atoms with Gasteiger partial charge in [-0.05, 0) is 18.1 Å². The molecule has 0 fully saturated rings. The van der Waals surface area contributed by atoms with Crippen LogP contribution in [0.1, 0.15) is 12.5 Å². The number of aryl methyl sites for hydroxylation is 1. The minimum absolute atomic E-state index is 0. The van der Waals surface area contributed by atoms with E-state index >= 15 is 0 Å². The average Bonchev–Trinajstić information content (AvgIpc) is 1.90. The van der Waals surface area contributed by atoms with Gasteiger partial charge in [-0.2, -0.15) is 0 Å². The van der Waals surface area contributed by atoms with Crippen LogP contribution in [0.4, 0.5) is 0 Å². The zero-order valence-corrected chi connectivity index (χ0v) is 5.02. The van der Waals surface area contributed by atoms with Crippen molar-refractivity contribution >= 4 is 18.9 Å². The fraction of sp³-hybridized carbons (Fsp3) is 0.250. The summed E-state index contributed by atoms with van der Waals surface area (Å²) < 4.78 is 0.